The SMILES string of the molecule is O=C1OC(C2CCCCC2)=C2C(=O)OC(c3cc4ccccc4c4ccccc34)=C12. The Morgan fingerprint density at radius 2 is 1.37 bits per heavy atom. The average molecular weight is 396 g/mol. The van der Waals surface area contributed by atoms with E-state index in [1.54, 1.807) is 0 Å². The Labute approximate surface area is 173 Å². The third kappa shape index (κ3) is 2.46. The highest BCUT2D eigenvalue weighted by Gasteiger charge is 2.47. The minimum absolute atomic E-state index is 0.121. The van der Waals surface area contributed by atoms with Crippen molar-refractivity contribution in [1.82, 2.24) is 0 Å². The molecule has 1 aliphatic carbocycles. The van der Waals surface area contributed by atoms with E-state index in [1.165, 1.54) is 6.42 Å². The number of allylic oxidation sites excluding steroid dienone is 1. The van der Waals surface area contributed by atoms with Gasteiger partial charge in [-0.25, -0.2) is 9.59 Å². The molecule has 4 nitrogen and oxygen atoms in total. The van der Waals surface area contributed by atoms with Gasteiger partial charge in [-0.05, 0) is 40.5 Å². The molecule has 2 aliphatic heterocycles. The first-order valence-corrected chi connectivity index (χ1v) is 10.6. The molecule has 0 unspecified atom stereocenters. The van der Waals surface area contributed by atoms with E-state index < -0.39 is 11.9 Å². The van der Waals surface area contributed by atoms with Crippen molar-refractivity contribution < 1.29 is 19.1 Å². The van der Waals surface area contributed by atoms with Crippen LogP contribution in [0, 0.1) is 5.92 Å². The Morgan fingerprint density at radius 3 is 2.17 bits per heavy atom. The lowest BCUT2D eigenvalue weighted by Gasteiger charge is -2.21. The van der Waals surface area contributed by atoms with E-state index in [4.69, 9.17) is 9.47 Å². The third-order valence-electron chi connectivity index (χ3n) is 6.52. The smallest absolute Gasteiger partial charge is 0.348 e. The topological polar surface area (TPSA) is 52.6 Å². The molecule has 30 heavy (non-hydrogen) atoms. The van der Waals surface area contributed by atoms with Crippen LogP contribution in [-0.2, 0) is 19.1 Å². The zero-order valence-electron chi connectivity index (χ0n) is 16.4. The molecule has 4 heteroatoms. The van der Waals surface area contributed by atoms with Crippen molar-refractivity contribution in [2.24, 2.45) is 5.92 Å². The second-order valence-electron chi connectivity index (χ2n) is 8.25. The third-order valence-corrected chi connectivity index (χ3v) is 6.52. The van der Waals surface area contributed by atoms with Gasteiger partial charge in [-0.3, -0.25) is 0 Å². The van der Waals surface area contributed by atoms with Crippen LogP contribution < -0.4 is 0 Å². The fraction of sp³-hybridized carbons (Fsp3) is 0.231. The van der Waals surface area contributed by atoms with Crippen molar-refractivity contribution in [1.29, 1.82) is 0 Å². The van der Waals surface area contributed by atoms with E-state index in [2.05, 4.69) is 12.1 Å². The first-order valence-electron chi connectivity index (χ1n) is 10.6. The van der Waals surface area contributed by atoms with Crippen LogP contribution >= 0.6 is 0 Å². The highest BCUT2D eigenvalue weighted by atomic mass is 16.6. The molecule has 1 fully saturated rings. The van der Waals surface area contributed by atoms with Crippen LogP contribution in [0.4, 0.5) is 0 Å². The highest BCUT2D eigenvalue weighted by Crippen LogP contribution is 2.46. The molecule has 1 saturated carbocycles. The lowest BCUT2D eigenvalue weighted by Crippen LogP contribution is -2.13. The van der Waals surface area contributed by atoms with Crippen molar-refractivity contribution >= 4 is 39.2 Å². The number of benzene rings is 3. The summed E-state index contributed by atoms with van der Waals surface area (Å²) >= 11 is 0. The molecule has 0 saturated heterocycles. The summed E-state index contributed by atoms with van der Waals surface area (Å²) < 4.78 is 11.4. The molecule has 3 aliphatic rings. The summed E-state index contributed by atoms with van der Waals surface area (Å²) in [5, 5.41) is 4.17. The van der Waals surface area contributed by atoms with Crippen LogP contribution in [0.2, 0.25) is 0 Å². The molecule has 3 aromatic rings. The average Bonchev–Trinajstić information content (AvgIpc) is 3.32. The number of rotatable bonds is 2. The molecule has 0 spiro atoms. The van der Waals surface area contributed by atoms with Gasteiger partial charge in [0.25, 0.3) is 0 Å². The molecule has 0 aromatic heterocycles. The number of carbonyl (C=O) groups is 2. The molecule has 0 radical (unpaired) electrons. The molecule has 0 amide bonds. The Hall–Kier alpha value is -3.40. The predicted octanol–water partition coefficient (Wildman–Crippen LogP) is 5.65. The monoisotopic (exact) mass is 396 g/mol. The van der Waals surface area contributed by atoms with Crippen LogP contribution in [0.5, 0.6) is 0 Å². The second-order valence-corrected chi connectivity index (χ2v) is 8.25. The molecular weight excluding hydrogens is 376 g/mol. The fourth-order valence-corrected chi connectivity index (χ4v) is 5.11. The predicted molar refractivity (Wildman–Crippen MR) is 114 cm³/mol. The minimum atomic E-state index is -0.469. The minimum Gasteiger partial charge on any atom is -0.426 e. The summed E-state index contributed by atoms with van der Waals surface area (Å²) in [5.74, 6) is 0.0373. The molecule has 0 N–H and O–H groups in total. The number of hydrogen-bond donors (Lipinski definition) is 0. The largest absolute Gasteiger partial charge is 0.426 e. The van der Waals surface area contributed by atoms with Crippen molar-refractivity contribution in [2.75, 3.05) is 0 Å². The van der Waals surface area contributed by atoms with Gasteiger partial charge in [-0.15, -0.1) is 0 Å². The molecule has 2 heterocycles. The van der Waals surface area contributed by atoms with Crippen LogP contribution in [0.25, 0.3) is 27.3 Å². The van der Waals surface area contributed by atoms with Crippen molar-refractivity contribution in [3.05, 3.63) is 77.1 Å². The van der Waals surface area contributed by atoms with Gasteiger partial charge >= 0.3 is 11.9 Å². The molecular formula is C26H20O4. The fourth-order valence-electron chi connectivity index (χ4n) is 5.11. The van der Waals surface area contributed by atoms with Gasteiger partial charge in [-0.2, -0.15) is 0 Å². The van der Waals surface area contributed by atoms with Crippen LogP contribution in [0.3, 0.4) is 0 Å². The van der Waals surface area contributed by atoms with E-state index in [-0.39, 0.29) is 5.92 Å². The Morgan fingerprint density at radius 1 is 0.700 bits per heavy atom. The van der Waals surface area contributed by atoms with E-state index in [0.717, 1.165) is 52.8 Å². The summed E-state index contributed by atoms with van der Waals surface area (Å²) in [6.45, 7) is 0. The van der Waals surface area contributed by atoms with Gasteiger partial charge in [-0.1, -0.05) is 67.8 Å². The molecule has 3 aromatic carbocycles. The quantitative estimate of drug-likeness (QED) is 0.415. The zero-order valence-corrected chi connectivity index (χ0v) is 16.4. The summed E-state index contributed by atoms with van der Waals surface area (Å²) in [6, 6.07) is 18.1. The Balaban J connectivity index is 1.61. The normalized spacial score (nSPS) is 19.6. The molecule has 148 valence electrons. The number of fused-ring (bicyclic) bond motifs is 4. The summed E-state index contributed by atoms with van der Waals surface area (Å²) in [7, 11) is 0. The Bertz CT molecular complexity index is 1310. The highest BCUT2D eigenvalue weighted by molar-refractivity contribution is 6.22. The maximum atomic E-state index is 12.9. The number of cyclic esters (lactones) is 2. The summed E-state index contributed by atoms with van der Waals surface area (Å²) in [4.78, 5) is 25.8. The van der Waals surface area contributed by atoms with Crippen molar-refractivity contribution in [3.63, 3.8) is 0 Å². The first-order chi connectivity index (χ1) is 14.7. The maximum Gasteiger partial charge on any atom is 0.348 e. The lowest BCUT2D eigenvalue weighted by molar-refractivity contribution is -0.134. The summed E-state index contributed by atoms with van der Waals surface area (Å²) in [5.41, 5.74) is 1.39. The number of carbonyl (C=O) groups excluding carboxylic acids is 2. The first kappa shape index (κ1) is 17.5. The van der Waals surface area contributed by atoms with Crippen LogP contribution in [-0.4, -0.2) is 11.9 Å². The number of esters is 2. The zero-order chi connectivity index (χ0) is 20.2. The van der Waals surface area contributed by atoms with Gasteiger partial charge in [0.2, 0.25) is 0 Å². The maximum absolute atomic E-state index is 12.9. The van der Waals surface area contributed by atoms with Gasteiger partial charge in [0.05, 0.1) is 0 Å². The molecule has 0 bridgehead atoms. The van der Waals surface area contributed by atoms with Gasteiger partial charge < -0.3 is 9.47 Å². The van der Waals surface area contributed by atoms with Gasteiger partial charge in [0, 0.05) is 11.5 Å². The molecule has 0 atom stereocenters. The van der Waals surface area contributed by atoms with Crippen molar-refractivity contribution in [2.45, 2.75) is 32.1 Å². The van der Waals surface area contributed by atoms with Crippen LogP contribution in [0.1, 0.15) is 37.7 Å². The number of hydrogen-bond acceptors (Lipinski definition) is 4. The molecule has 6 rings (SSSR count). The Kier molecular flexibility index (Phi) is 3.82. The summed E-state index contributed by atoms with van der Waals surface area (Å²) in [6.07, 6.45) is 5.26. The standard InChI is InChI=1S/C26H20O4/c27-25-21-22(26(28)29-23(21)15-8-2-1-3-9-15)24(30-25)20-14-16-10-4-5-11-17(16)18-12-6-7-13-19(18)20/h4-7,10-15H,1-3,8-9H2. The number of ether oxygens (including phenoxy) is 2. The van der Waals surface area contributed by atoms with Crippen LogP contribution in [0.15, 0.2) is 71.5 Å². The van der Waals surface area contributed by atoms with E-state index in [9.17, 15) is 9.59 Å². The van der Waals surface area contributed by atoms with E-state index in [0.29, 0.717) is 22.7 Å². The van der Waals surface area contributed by atoms with Crippen molar-refractivity contribution in [3.8, 4) is 0 Å². The van der Waals surface area contributed by atoms with Gasteiger partial charge in [0.15, 0.2) is 5.76 Å². The van der Waals surface area contributed by atoms with E-state index >= 15 is 0 Å². The van der Waals surface area contributed by atoms with E-state index in [1.807, 2.05) is 42.5 Å². The lowest BCUT2D eigenvalue weighted by atomic mass is 9.86. The van der Waals surface area contributed by atoms with Gasteiger partial charge in [0.1, 0.15) is 16.9 Å². The second kappa shape index (κ2) is 6.56.